The SMILES string of the molecule is Cc1ccc(NC(=O)CN(C)C(C)C(=O)O)cc1S(=O)(=O)N(C)C. The van der Waals surface area contributed by atoms with Crippen LogP contribution in [0.4, 0.5) is 5.69 Å². The Morgan fingerprint density at radius 1 is 1.25 bits per heavy atom. The number of carboxylic acids is 1. The van der Waals surface area contributed by atoms with Crippen molar-refractivity contribution >= 4 is 27.6 Å². The standard InChI is InChI=1S/C15H23N3O5S/c1-10-6-7-12(8-13(10)24(22,23)17(3)4)16-14(19)9-18(5)11(2)15(20)21/h6-8,11H,9H2,1-5H3,(H,16,19)(H,20,21). The highest BCUT2D eigenvalue weighted by molar-refractivity contribution is 7.89. The van der Waals surface area contributed by atoms with Gasteiger partial charge in [-0.1, -0.05) is 6.07 Å². The molecule has 0 aliphatic carbocycles. The second-order valence-corrected chi connectivity index (χ2v) is 7.87. The Bertz CT molecular complexity index is 731. The van der Waals surface area contributed by atoms with Crippen LogP contribution in [-0.4, -0.2) is 68.3 Å². The molecule has 0 aliphatic heterocycles. The summed E-state index contributed by atoms with van der Waals surface area (Å²) in [5.41, 5.74) is 0.903. The molecule has 2 N–H and O–H groups in total. The minimum Gasteiger partial charge on any atom is -0.480 e. The van der Waals surface area contributed by atoms with E-state index in [0.717, 1.165) is 4.31 Å². The van der Waals surface area contributed by atoms with E-state index in [9.17, 15) is 18.0 Å². The van der Waals surface area contributed by atoms with Crippen LogP contribution in [0, 0.1) is 6.92 Å². The molecule has 1 aromatic carbocycles. The third-order valence-corrected chi connectivity index (χ3v) is 5.60. The number of benzene rings is 1. The highest BCUT2D eigenvalue weighted by Crippen LogP contribution is 2.22. The zero-order valence-electron chi connectivity index (χ0n) is 14.4. The molecule has 0 heterocycles. The van der Waals surface area contributed by atoms with E-state index >= 15 is 0 Å². The van der Waals surface area contributed by atoms with Crippen molar-refractivity contribution in [1.29, 1.82) is 0 Å². The summed E-state index contributed by atoms with van der Waals surface area (Å²) in [6, 6.07) is 3.79. The zero-order valence-corrected chi connectivity index (χ0v) is 15.2. The molecule has 0 spiro atoms. The Kier molecular flexibility index (Phi) is 6.47. The molecule has 1 amide bonds. The molecule has 0 fully saturated rings. The average molecular weight is 357 g/mol. The summed E-state index contributed by atoms with van der Waals surface area (Å²) in [7, 11) is 0.769. The number of carboxylic acid groups (broad SMARTS) is 1. The lowest BCUT2D eigenvalue weighted by Crippen LogP contribution is -2.40. The molecular formula is C15H23N3O5S. The molecule has 0 saturated heterocycles. The van der Waals surface area contributed by atoms with Gasteiger partial charge in [-0.05, 0) is 38.6 Å². The van der Waals surface area contributed by atoms with E-state index in [1.54, 1.807) is 19.1 Å². The fraction of sp³-hybridized carbons (Fsp3) is 0.467. The van der Waals surface area contributed by atoms with Crippen LogP contribution in [-0.2, 0) is 19.6 Å². The molecule has 0 aromatic heterocycles. The van der Waals surface area contributed by atoms with Crippen LogP contribution >= 0.6 is 0 Å². The van der Waals surface area contributed by atoms with E-state index in [4.69, 9.17) is 5.11 Å². The minimum absolute atomic E-state index is 0.109. The molecule has 0 radical (unpaired) electrons. The lowest BCUT2D eigenvalue weighted by molar-refractivity contribution is -0.142. The Morgan fingerprint density at radius 3 is 2.33 bits per heavy atom. The summed E-state index contributed by atoms with van der Waals surface area (Å²) in [4.78, 5) is 24.4. The van der Waals surface area contributed by atoms with Crippen LogP contribution in [0.25, 0.3) is 0 Å². The Hall–Kier alpha value is -1.97. The van der Waals surface area contributed by atoms with E-state index in [2.05, 4.69) is 5.32 Å². The van der Waals surface area contributed by atoms with Crippen molar-refractivity contribution in [2.45, 2.75) is 24.8 Å². The van der Waals surface area contributed by atoms with Gasteiger partial charge in [-0.25, -0.2) is 12.7 Å². The summed E-state index contributed by atoms with van der Waals surface area (Å²) in [6.07, 6.45) is 0. The van der Waals surface area contributed by atoms with E-state index in [0.29, 0.717) is 11.3 Å². The molecule has 1 unspecified atom stereocenters. The molecular weight excluding hydrogens is 334 g/mol. The number of sulfonamides is 1. The van der Waals surface area contributed by atoms with Gasteiger partial charge in [0, 0.05) is 19.8 Å². The molecule has 8 nitrogen and oxygen atoms in total. The maximum Gasteiger partial charge on any atom is 0.320 e. The van der Waals surface area contributed by atoms with Crippen molar-refractivity contribution in [1.82, 2.24) is 9.21 Å². The Labute approximate surface area is 142 Å². The summed E-state index contributed by atoms with van der Waals surface area (Å²) >= 11 is 0. The van der Waals surface area contributed by atoms with Crippen molar-refractivity contribution in [3.8, 4) is 0 Å². The van der Waals surface area contributed by atoms with Crippen molar-refractivity contribution < 1.29 is 23.1 Å². The van der Waals surface area contributed by atoms with Gasteiger partial charge in [-0.15, -0.1) is 0 Å². The minimum atomic E-state index is -3.62. The molecule has 1 rings (SSSR count). The number of likely N-dealkylation sites (N-methyl/N-ethyl adjacent to an activating group) is 1. The van der Waals surface area contributed by atoms with Crippen LogP contribution in [0.15, 0.2) is 23.1 Å². The summed E-state index contributed by atoms with van der Waals surface area (Å²) in [5.74, 6) is -1.46. The van der Waals surface area contributed by atoms with Gasteiger partial charge in [0.2, 0.25) is 15.9 Å². The highest BCUT2D eigenvalue weighted by Gasteiger charge is 2.22. The normalized spacial score (nSPS) is 13.1. The number of hydrogen-bond donors (Lipinski definition) is 2. The largest absolute Gasteiger partial charge is 0.480 e. The lowest BCUT2D eigenvalue weighted by atomic mass is 10.2. The van der Waals surface area contributed by atoms with Crippen LogP contribution in [0.3, 0.4) is 0 Å². The van der Waals surface area contributed by atoms with Gasteiger partial charge in [0.1, 0.15) is 6.04 Å². The zero-order chi connectivity index (χ0) is 18.7. The monoisotopic (exact) mass is 357 g/mol. The number of rotatable bonds is 7. The van der Waals surface area contributed by atoms with Crippen LogP contribution in [0.2, 0.25) is 0 Å². The number of anilines is 1. The van der Waals surface area contributed by atoms with E-state index in [1.807, 2.05) is 0 Å². The number of carbonyl (C=O) groups is 2. The fourth-order valence-corrected chi connectivity index (χ4v) is 3.05. The second-order valence-electron chi connectivity index (χ2n) is 5.75. The molecule has 0 aliphatic rings. The third kappa shape index (κ3) is 4.76. The smallest absolute Gasteiger partial charge is 0.320 e. The highest BCUT2D eigenvalue weighted by atomic mass is 32.2. The Morgan fingerprint density at radius 2 is 1.83 bits per heavy atom. The molecule has 1 aromatic rings. The lowest BCUT2D eigenvalue weighted by Gasteiger charge is -2.20. The predicted molar refractivity (Wildman–Crippen MR) is 90.4 cm³/mol. The maximum atomic E-state index is 12.3. The average Bonchev–Trinajstić information content (AvgIpc) is 2.47. The van der Waals surface area contributed by atoms with Gasteiger partial charge in [0.05, 0.1) is 11.4 Å². The maximum absolute atomic E-state index is 12.3. The molecule has 9 heteroatoms. The first-order valence-electron chi connectivity index (χ1n) is 7.23. The predicted octanol–water partition coefficient (Wildman–Crippen LogP) is 0.589. The van der Waals surface area contributed by atoms with E-state index in [-0.39, 0.29) is 11.4 Å². The summed E-state index contributed by atoms with van der Waals surface area (Å²) in [6.45, 7) is 3.02. The number of nitrogens with zero attached hydrogens (tertiary/aromatic N) is 2. The first kappa shape index (κ1) is 20.1. The van der Waals surface area contributed by atoms with Crippen molar-refractivity contribution in [2.24, 2.45) is 0 Å². The van der Waals surface area contributed by atoms with Crippen molar-refractivity contribution in [3.63, 3.8) is 0 Å². The van der Waals surface area contributed by atoms with E-state index in [1.165, 1.54) is 39.0 Å². The van der Waals surface area contributed by atoms with Crippen LogP contribution in [0.1, 0.15) is 12.5 Å². The second kappa shape index (κ2) is 7.73. The summed E-state index contributed by atoms with van der Waals surface area (Å²) in [5, 5.41) is 11.5. The van der Waals surface area contributed by atoms with E-state index < -0.39 is 27.9 Å². The van der Waals surface area contributed by atoms with Crippen LogP contribution < -0.4 is 5.32 Å². The van der Waals surface area contributed by atoms with Crippen LogP contribution in [0.5, 0.6) is 0 Å². The number of aliphatic carboxylic acids is 1. The first-order valence-corrected chi connectivity index (χ1v) is 8.67. The Balaban J connectivity index is 2.94. The fourth-order valence-electron chi connectivity index (χ4n) is 1.90. The number of aryl methyl sites for hydroxylation is 1. The van der Waals surface area contributed by atoms with Crippen molar-refractivity contribution in [3.05, 3.63) is 23.8 Å². The molecule has 24 heavy (non-hydrogen) atoms. The number of nitrogens with one attached hydrogen (secondary N) is 1. The first-order chi connectivity index (χ1) is 11.0. The third-order valence-electron chi connectivity index (χ3n) is 3.64. The number of carbonyl (C=O) groups excluding carboxylic acids is 1. The van der Waals surface area contributed by atoms with Crippen molar-refractivity contribution in [2.75, 3.05) is 33.0 Å². The van der Waals surface area contributed by atoms with Gasteiger partial charge in [-0.2, -0.15) is 0 Å². The molecule has 134 valence electrons. The molecule has 0 bridgehead atoms. The summed E-state index contributed by atoms with van der Waals surface area (Å²) < 4.78 is 25.6. The van der Waals surface area contributed by atoms with Gasteiger partial charge in [0.25, 0.3) is 0 Å². The van der Waals surface area contributed by atoms with Gasteiger partial charge in [-0.3, -0.25) is 14.5 Å². The van der Waals surface area contributed by atoms with Gasteiger partial charge >= 0.3 is 5.97 Å². The van der Waals surface area contributed by atoms with Gasteiger partial charge < -0.3 is 10.4 Å². The topological polar surface area (TPSA) is 107 Å². The molecule has 1 atom stereocenters. The quantitative estimate of drug-likeness (QED) is 0.740. The molecule has 0 saturated carbocycles. The number of hydrogen-bond acceptors (Lipinski definition) is 5. The van der Waals surface area contributed by atoms with Gasteiger partial charge in [0.15, 0.2) is 0 Å². The number of amides is 1.